The normalized spacial score (nSPS) is 26.2. The predicted octanol–water partition coefficient (Wildman–Crippen LogP) is 2.70. The van der Waals surface area contributed by atoms with Crippen LogP contribution in [0.3, 0.4) is 0 Å². The molecule has 2 rings (SSSR count). The van der Waals surface area contributed by atoms with Crippen molar-refractivity contribution < 1.29 is 0 Å². The molecule has 0 radical (unpaired) electrons. The van der Waals surface area contributed by atoms with Crippen LogP contribution in [0.2, 0.25) is 0 Å². The maximum Gasteiger partial charge on any atom is 0.0524 e. The Balaban J connectivity index is 1.97. The van der Waals surface area contributed by atoms with Crippen LogP contribution in [0, 0.1) is 5.92 Å². The number of aromatic nitrogens is 2. The second-order valence-electron chi connectivity index (χ2n) is 5.32. The van der Waals surface area contributed by atoms with Crippen molar-refractivity contribution in [3.05, 3.63) is 18.0 Å². The number of nitrogens with zero attached hydrogens (tertiary/aromatic N) is 2. The topological polar surface area (TPSA) is 43.8 Å². The lowest BCUT2D eigenvalue weighted by molar-refractivity contribution is 0.265. The van der Waals surface area contributed by atoms with Crippen molar-refractivity contribution in [2.75, 3.05) is 6.54 Å². The van der Waals surface area contributed by atoms with Gasteiger partial charge >= 0.3 is 0 Å². The molecule has 1 aliphatic rings. The monoisotopic (exact) mass is 221 g/mol. The molecule has 1 aromatic rings. The minimum absolute atomic E-state index is 0.578. The van der Waals surface area contributed by atoms with E-state index < -0.39 is 0 Å². The Morgan fingerprint density at radius 3 is 2.56 bits per heavy atom. The minimum Gasteiger partial charge on any atom is -0.330 e. The van der Waals surface area contributed by atoms with Crippen LogP contribution in [-0.4, -0.2) is 16.3 Å². The van der Waals surface area contributed by atoms with E-state index in [0.29, 0.717) is 12.0 Å². The zero-order valence-corrected chi connectivity index (χ0v) is 10.4. The summed E-state index contributed by atoms with van der Waals surface area (Å²) in [4.78, 5) is 0. The van der Waals surface area contributed by atoms with Crippen LogP contribution in [0.1, 0.15) is 57.1 Å². The molecule has 90 valence electrons. The molecule has 1 aliphatic carbocycles. The number of hydrogen-bond acceptors (Lipinski definition) is 2. The van der Waals surface area contributed by atoms with Crippen molar-refractivity contribution >= 4 is 0 Å². The van der Waals surface area contributed by atoms with E-state index in [-0.39, 0.29) is 0 Å². The molecule has 1 aromatic heterocycles. The largest absolute Gasteiger partial charge is 0.330 e. The molecule has 0 bridgehead atoms. The Labute approximate surface area is 98.0 Å². The van der Waals surface area contributed by atoms with E-state index in [0.717, 1.165) is 12.5 Å². The van der Waals surface area contributed by atoms with E-state index in [2.05, 4.69) is 29.8 Å². The molecule has 0 saturated heterocycles. The third-order valence-corrected chi connectivity index (χ3v) is 3.81. The highest BCUT2D eigenvalue weighted by molar-refractivity contribution is 5.09. The van der Waals surface area contributed by atoms with Crippen molar-refractivity contribution in [1.29, 1.82) is 0 Å². The molecule has 3 heteroatoms. The van der Waals surface area contributed by atoms with Crippen LogP contribution in [0.4, 0.5) is 0 Å². The van der Waals surface area contributed by atoms with E-state index in [4.69, 9.17) is 5.73 Å². The van der Waals surface area contributed by atoms with Gasteiger partial charge in [-0.3, -0.25) is 4.68 Å². The van der Waals surface area contributed by atoms with Gasteiger partial charge in [0.1, 0.15) is 0 Å². The molecular formula is C13H23N3. The standard InChI is InChI=1S/C13H23N3/c1-10(2)12-8-15-16(9-12)13-5-3-11(7-14)4-6-13/h8-11,13H,3-7,14H2,1-2H3. The van der Waals surface area contributed by atoms with Gasteiger partial charge in [0, 0.05) is 6.20 Å². The average Bonchev–Trinajstić information content (AvgIpc) is 2.78. The number of rotatable bonds is 3. The lowest BCUT2D eigenvalue weighted by Crippen LogP contribution is -2.23. The summed E-state index contributed by atoms with van der Waals surface area (Å²) in [5.41, 5.74) is 7.06. The minimum atomic E-state index is 0.578. The molecular weight excluding hydrogens is 198 g/mol. The van der Waals surface area contributed by atoms with E-state index in [1.54, 1.807) is 0 Å². The molecule has 16 heavy (non-hydrogen) atoms. The van der Waals surface area contributed by atoms with Crippen LogP contribution in [0.5, 0.6) is 0 Å². The van der Waals surface area contributed by atoms with Crippen LogP contribution in [0.15, 0.2) is 12.4 Å². The SMILES string of the molecule is CC(C)c1cnn(C2CCC(CN)CC2)c1. The van der Waals surface area contributed by atoms with Gasteiger partial charge in [0.15, 0.2) is 0 Å². The molecule has 3 nitrogen and oxygen atoms in total. The first-order valence-electron chi connectivity index (χ1n) is 6.44. The Bertz CT molecular complexity index is 322. The fraction of sp³-hybridized carbons (Fsp3) is 0.769. The predicted molar refractivity (Wildman–Crippen MR) is 66.4 cm³/mol. The van der Waals surface area contributed by atoms with Crippen molar-refractivity contribution in [2.45, 2.75) is 51.5 Å². The molecule has 2 N–H and O–H groups in total. The Morgan fingerprint density at radius 1 is 1.38 bits per heavy atom. The van der Waals surface area contributed by atoms with Crippen molar-refractivity contribution in [2.24, 2.45) is 11.7 Å². The number of nitrogens with two attached hydrogens (primary N) is 1. The van der Waals surface area contributed by atoms with Crippen molar-refractivity contribution in [1.82, 2.24) is 9.78 Å². The third-order valence-electron chi connectivity index (χ3n) is 3.81. The summed E-state index contributed by atoms with van der Waals surface area (Å²) in [7, 11) is 0. The fourth-order valence-electron chi connectivity index (χ4n) is 2.50. The second kappa shape index (κ2) is 5.00. The van der Waals surface area contributed by atoms with E-state index in [1.165, 1.54) is 31.2 Å². The van der Waals surface area contributed by atoms with Gasteiger partial charge in [-0.05, 0) is 49.6 Å². The first kappa shape index (κ1) is 11.6. The zero-order chi connectivity index (χ0) is 11.5. The summed E-state index contributed by atoms with van der Waals surface area (Å²) in [6, 6.07) is 0.607. The first-order valence-corrected chi connectivity index (χ1v) is 6.44. The van der Waals surface area contributed by atoms with Gasteiger partial charge in [-0.15, -0.1) is 0 Å². The molecule has 0 atom stereocenters. The molecule has 0 amide bonds. The van der Waals surface area contributed by atoms with Gasteiger partial charge in [0.05, 0.1) is 12.2 Å². The van der Waals surface area contributed by atoms with Crippen molar-refractivity contribution in [3.63, 3.8) is 0 Å². The lowest BCUT2D eigenvalue weighted by atomic mass is 9.86. The van der Waals surface area contributed by atoms with Gasteiger partial charge in [-0.25, -0.2) is 0 Å². The Hall–Kier alpha value is -0.830. The molecule has 0 aliphatic heterocycles. The summed E-state index contributed by atoms with van der Waals surface area (Å²) in [5.74, 6) is 1.32. The summed E-state index contributed by atoms with van der Waals surface area (Å²) in [6.07, 6.45) is 9.23. The molecule has 0 aromatic carbocycles. The smallest absolute Gasteiger partial charge is 0.0524 e. The highest BCUT2D eigenvalue weighted by Gasteiger charge is 2.22. The summed E-state index contributed by atoms with van der Waals surface area (Å²) < 4.78 is 2.17. The van der Waals surface area contributed by atoms with E-state index in [1.807, 2.05) is 6.20 Å². The quantitative estimate of drug-likeness (QED) is 0.853. The van der Waals surface area contributed by atoms with Crippen molar-refractivity contribution in [3.8, 4) is 0 Å². The second-order valence-corrected chi connectivity index (χ2v) is 5.32. The maximum absolute atomic E-state index is 5.71. The zero-order valence-electron chi connectivity index (χ0n) is 10.4. The third kappa shape index (κ3) is 2.46. The molecule has 0 spiro atoms. The van der Waals surface area contributed by atoms with Crippen LogP contribution in [-0.2, 0) is 0 Å². The van der Waals surface area contributed by atoms with Crippen LogP contribution < -0.4 is 5.73 Å². The van der Waals surface area contributed by atoms with Gasteiger partial charge in [-0.1, -0.05) is 13.8 Å². The average molecular weight is 221 g/mol. The lowest BCUT2D eigenvalue weighted by Gasteiger charge is -2.27. The highest BCUT2D eigenvalue weighted by atomic mass is 15.3. The number of hydrogen-bond donors (Lipinski definition) is 1. The van der Waals surface area contributed by atoms with Crippen LogP contribution >= 0.6 is 0 Å². The van der Waals surface area contributed by atoms with Gasteiger partial charge < -0.3 is 5.73 Å². The van der Waals surface area contributed by atoms with E-state index in [9.17, 15) is 0 Å². The fourth-order valence-corrected chi connectivity index (χ4v) is 2.50. The molecule has 1 fully saturated rings. The molecule has 1 saturated carbocycles. The Kier molecular flexibility index (Phi) is 3.64. The van der Waals surface area contributed by atoms with Gasteiger partial charge in [-0.2, -0.15) is 5.10 Å². The summed E-state index contributed by atoms with van der Waals surface area (Å²) in [6.45, 7) is 5.28. The maximum atomic E-state index is 5.71. The highest BCUT2D eigenvalue weighted by Crippen LogP contribution is 2.31. The van der Waals surface area contributed by atoms with Gasteiger partial charge in [0.25, 0.3) is 0 Å². The first-order chi connectivity index (χ1) is 7.70. The Morgan fingerprint density at radius 2 is 2.06 bits per heavy atom. The van der Waals surface area contributed by atoms with Crippen LogP contribution in [0.25, 0.3) is 0 Å². The molecule has 0 unspecified atom stereocenters. The summed E-state index contributed by atoms with van der Waals surface area (Å²) >= 11 is 0. The summed E-state index contributed by atoms with van der Waals surface area (Å²) in [5, 5.41) is 4.50. The molecule has 1 heterocycles. The van der Waals surface area contributed by atoms with Gasteiger partial charge in [0.2, 0.25) is 0 Å². The van der Waals surface area contributed by atoms with E-state index >= 15 is 0 Å².